The highest BCUT2D eigenvalue weighted by Gasteiger charge is 2.24. The van der Waals surface area contributed by atoms with E-state index in [9.17, 15) is 4.79 Å². The lowest BCUT2D eigenvalue weighted by Gasteiger charge is -2.33. The molecule has 1 aliphatic heterocycles. The third-order valence-electron chi connectivity index (χ3n) is 7.07. The SMILES string of the molecule is Cc1nn(-c2ccc3nnc(C)n3c2)c(C)c1CCC(=O)N1CCCC(Cc2ccccc2)C1. The Labute approximate surface area is 200 Å². The van der Waals surface area contributed by atoms with E-state index in [0.29, 0.717) is 18.8 Å². The number of carbonyl (C=O) groups is 1. The van der Waals surface area contributed by atoms with E-state index in [2.05, 4.69) is 52.4 Å². The molecule has 34 heavy (non-hydrogen) atoms. The summed E-state index contributed by atoms with van der Waals surface area (Å²) in [7, 11) is 0. The molecule has 1 unspecified atom stereocenters. The van der Waals surface area contributed by atoms with Gasteiger partial charge in [-0.25, -0.2) is 4.68 Å². The largest absolute Gasteiger partial charge is 0.342 e. The number of hydrogen-bond acceptors (Lipinski definition) is 4. The average molecular weight is 457 g/mol. The summed E-state index contributed by atoms with van der Waals surface area (Å²) in [5, 5.41) is 13.1. The fourth-order valence-corrected chi connectivity index (χ4v) is 5.20. The first-order valence-electron chi connectivity index (χ1n) is 12.2. The Kier molecular flexibility index (Phi) is 6.18. The van der Waals surface area contributed by atoms with E-state index < -0.39 is 0 Å². The van der Waals surface area contributed by atoms with E-state index in [0.717, 1.165) is 60.0 Å². The second-order valence-electron chi connectivity index (χ2n) is 9.46. The Bertz CT molecular complexity index is 1310. The molecule has 0 radical (unpaired) electrons. The first-order chi connectivity index (χ1) is 16.5. The van der Waals surface area contributed by atoms with Gasteiger partial charge in [0.05, 0.1) is 11.4 Å². The number of aryl methyl sites for hydroxylation is 2. The van der Waals surface area contributed by atoms with Gasteiger partial charge in [-0.05, 0) is 75.6 Å². The van der Waals surface area contributed by atoms with Gasteiger partial charge in [-0.1, -0.05) is 30.3 Å². The standard InChI is InChI=1S/C27H32N6O/c1-19-25(20(2)33(30-19)24-11-13-26-29-28-21(3)32(26)18-24)12-14-27(34)31-15-7-10-23(17-31)16-22-8-5-4-6-9-22/h4-6,8-9,11,13,18,23H,7,10,12,14-17H2,1-3H3. The van der Waals surface area contributed by atoms with Gasteiger partial charge in [-0.3, -0.25) is 9.20 Å². The molecule has 3 aromatic heterocycles. The second-order valence-corrected chi connectivity index (χ2v) is 9.46. The molecular weight excluding hydrogens is 424 g/mol. The van der Waals surface area contributed by atoms with Gasteiger partial charge in [-0.2, -0.15) is 5.10 Å². The molecule has 4 heterocycles. The van der Waals surface area contributed by atoms with Crippen LogP contribution in [0.1, 0.15) is 47.6 Å². The Morgan fingerprint density at radius 3 is 2.71 bits per heavy atom. The van der Waals surface area contributed by atoms with Crippen molar-refractivity contribution in [1.82, 2.24) is 29.3 Å². The maximum absolute atomic E-state index is 13.1. The van der Waals surface area contributed by atoms with Crippen LogP contribution in [0.25, 0.3) is 11.3 Å². The molecule has 1 atom stereocenters. The zero-order valence-electron chi connectivity index (χ0n) is 20.2. The molecule has 7 heteroatoms. The summed E-state index contributed by atoms with van der Waals surface area (Å²) in [6.45, 7) is 7.79. The van der Waals surface area contributed by atoms with Crippen molar-refractivity contribution < 1.29 is 4.79 Å². The predicted octanol–water partition coefficient (Wildman–Crippen LogP) is 4.25. The Morgan fingerprint density at radius 1 is 1.06 bits per heavy atom. The molecule has 1 fully saturated rings. The summed E-state index contributed by atoms with van der Waals surface area (Å²) in [4.78, 5) is 15.2. The monoisotopic (exact) mass is 456 g/mol. The van der Waals surface area contributed by atoms with Crippen LogP contribution >= 0.6 is 0 Å². The number of pyridine rings is 1. The lowest BCUT2D eigenvalue weighted by Crippen LogP contribution is -2.40. The smallest absolute Gasteiger partial charge is 0.222 e. The minimum absolute atomic E-state index is 0.255. The summed E-state index contributed by atoms with van der Waals surface area (Å²) in [5.74, 6) is 1.64. The van der Waals surface area contributed by atoms with Crippen molar-refractivity contribution in [3.8, 4) is 5.69 Å². The molecule has 1 aliphatic rings. The van der Waals surface area contributed by atoms with Crippen molar-refractivity contribution in [1.29, 1.82) is 0 Å². The molecule has 176 valence electrons. The van der Waals surface area contributed by atoms with E-state index in [4.69, 9.17) is 5.10 Å². The lowest BCUT2D eigenvalue weighted by atomic mass is 9.91. The maximum Gasteiger partial charge on any atom is 0.222 e. The van der Waals surface area contributed by atoms with Gasteiger partial charge >= 0.3 is 0 Å². The van der Waals surface area contributed by atoms with Crippen molar-refractivity contribution in [2.45, 2.75) is 52.9 Å². The lowest BCUT2D eigenvalue weighted by molar-refractivity contribution is -0.132. The maximum atomic E-state index is 13.1. The number of benzene rings is 1. The minimum Gasteiger partial charge on any atom is -0.342 e. The van der Waals surface area contributed by atoms with Crippen molar-refractivity contribution in [2.24, 2.45) is 5.92 Å². The van der Waals surface area contributed by atoms with Gasteiger partial charge in [0.15, 0.2) is 5.65 Å². The summed E-state index contributed by atoms with van der Waals surface area (Å²) in [6.07, 6.45) is 6.58. The van der Waals surface area contributed by atoms with E-state index in [1.54, 1.807) is 0 Å². The molecule has 7 nitrogen and oxygen atoms in total. The highest BCUT2D eigenvalue weighted by molar-refractivity contribution is 5.76. The molecule has 0 spiro atoms. The van der Waals surface area contributed by atoms with Crippen LogP contribution < -0.4 is 0 Å². The van der Waals surface area contributed by atoms with Gasteiger partial charge < -0.3 is 4.90 Å². The molecule has 1 amide bonds. The van der Waals surface area contributed by atoms with E-state index in [1.165, 1.54) is 12.0 Å². The van der Waals surface area contributed by atoms with Crippen molar-refractivity contribution in [3.05, 3.63) is 77.0 Å². The Hall–Kier alpha value is -3.48. The quantitative estimate of drug-likeness (QED) is 0.435. The summed E-state index contributed by atoms with van der Waals surface area (Å²) in [5.41, 5.74) is 6.36. The first kappa shape index (κ1) is 22.3. The summed E-state index contributed by atoms with van der Waals surface area (Å²) < 4.78 is 3.93. The zero-order valence-corrected chi connectivity index (χ0v) is 20.2. The number of amides is 1. The van der Waals surface area contributed by atoms with Crippen LogP contribution in [0.3, 0.4) is 0 Å². The van der Waals surface area contributed by atoms with Crippen LogP contribution in [0.4, 0.5) is 0 Å². The predicted molar refractivity (Wildman–Crippen MR) is 132 cm³/mol. The zero-order chi connectivity index (χ0) is 23.7. The molecule has 5 rings (SSSR count). The van der Waals surface area contributed by atoms with Crippen molar-refractivity contribution in [2.75, 3.05) is 13.1 Å². The molecule has 4 aromatic rings. The van der Waals surface area contributed by atoms with E-state index in [-0.39, 0.29) is 5.91 Å². The van der Waals surface area contributed by atoms with Crippen LogP contribution in [-0.4, -0.2) is 48.3 Å². The van der Waals surface area contributed by atoms with Crippen LogP contribution in [-0.2, 0) is 17.6 Å². The highest BCUT2D eigenvalue weighted by Crippen LogP contribution is 2.23. The van der Waals surface area contributed by atoms with Gasteiger partial charge in [0.1, 0.15) is 5.82 Å². The number of piperidine rings is 1. The number of carbonyl (C=O) groups excluding carboxylic acids is 1. The van der Waals surface area contributed by atoms with E-state index in [1.807, 2.05) is 41.3 Å². The first-order valence-corrected chi connectivity index (χ1v) is 12.2. The molecule has 0 saturated carbocycles. The second kappa shape index (κ2) is 9.41. The minimum atomic E-state index is 0.255. The number of hydrogen-bond donors (Lipinski definition) is 0. The van der Waals surface area contributed by atoms with Crippen LogP contribution in [0, 0.1) is 26.7 Å². The Balaban J connectivity index is 1.25. The molecular formula is C27H32N6O. The molecule has 1 saturated heterocycles. The van der Waals surface area contributed by atoms with Crippen molar-refractivity contribution >= 4 is 11.6 Å². The van der Waals surface area contributed by atoms with Crippen molar-refractivity contribution in [3.63, 3.8) is 0 Å². The third kappa shape index (κ3) is 4.47. The molecule has 0 aliphatic carbocycles. The fourth-order valence-electron chi connectivity index (χ4n) is 5.20. The topological polar surface area (TPSA) is 68.3 Å². The van der Waals surface area contributed by atoms with Crippen LogP contribution in [0.5, 0.6) is 0 Å². The highest BCUT2D eigenvalue weighted by atomic mass is 16.2. The number of nitrogens with zero attached hydrogens (tertiary/aromatic N) is 6. The average Bonchev–Trinajstić information content (AvgIpc) is 3.36. The van der Waals surface area contributed by atoms with Gasteiger partial charge in [0.25, 0.3) is 0 Å². The summed E-state index contributed by atoms with van der Waals surface area (Å²) in [6, 6.07) is 14.6. The number of aromatic nitrogens is 5. The molecule has 0 N–H and O–H groups in total. The van der Waals surface area contributed by atoms with Crippen LogP contribution in [0.15, 0.2) is 48.7 Å². The Morgan fingerprint density at radius 2 is 1.88 bits per heavy atom. The van der Waals surface area contributed by atoms with Gasteiger partial charge in [-0.15, -0.1) is 10.2 Å². The molecule has 0 bridgehead atoms. The normalized spacial score (nSPS) is 16.3. The van der Waals surface area contributed by atoms with Gasteiger partial charge in [0.2, 0.25) is 5.91 Å². The molecule has 1 aromatic carbocycles. The summed E-state index contributed by atoms with van der Waals surface area (Å²) >= 11 is 0. The number of fused-ring (bicyclic) bond motifs is 1. The third-order valence-corrected chi connectivity index (χ3v) is 7.07. The van der Waals surface area contributed by atoms with E-state index >= 15 is 0 Å². The fraction of sp³-hybridized carbons (Fsp3) is 0.407. The number of rotatable bonds is 6. The van der Waals surface area contributed by atoms with Crippen LogP contribution in [0.2, 0.25) is 0 Å². The number of likely N-dealkylation sites (tertiary alicyclic amines) is 1. The van der Waals surface area contributed by atoms with Gasteiger partial charge in [0, 0.05) is 31.4 Å².